The molecular formula is C27H23F3N6O. The molecule has 0 radical (unpaired) electrons. The predicted molar refractivity (Wildman–Crippen MR) is 133 cm³/mol. The number of halogens is 3. The molecule has 5 aromatic rings. The highest BCUT2D eigenvalue weighted by Crippen LogP contribution is 2.32. The van der Waals surface area contributed by atoms with E-state index in [1.807, 2.05) is 51.1 Å². The first-order valence-electron chi connectivity index (χ1n) is 11.5. The maximum absolute atomic E-state index is 13.9. The van der Waals surface area contributed by atoms with Crippen LogP contribution in [0.5, 0.6) is 0 Å². The summed E-state index contributed by atoms with van der Waals surface area (Å²) in [5.41, 5.74) is 3.50. The average Bonchev–Trinajstić information content (AvgIpc) is 3.46. The van der Waals surface area contributed by atoms with Crippen molar-refractivity contribution in [3.05, 3.63) is 101 Å². The number of aromatic nitrogens is 5. The molecule has 0 spiro atoms. The van der Waals surface area contributed by atoms with Gasteiger partial charge in [0.25, 0.3) is 5.91 Å². The number of nitrogens with one attached hydrogen (secondary N) is 1. The lowest BCUT2D eigenvalue weighted by atomic mass is 10.0. The quantitative estimate of drug-likeness (QED) is 0.326. The zero-order chi connectivity index (χ0) is 26.3. The van der Waals surface area contributed by atoms with Crippen LogP contribution in [0.15, 0.2) is 66.9 Å². The third kappa shape index (κ3) is 5.09. The number of rotatable bonds is 5. The van der Waals surface area contributed by atoms with Crippen molar-refractivity contribution < 1.29 is 18.0 Å². The minimum atomic E-state index is -4.70. The number of anilines is 1. The van der Waals surface area contributed by atoms with Gasteiger partial charge in [-0.15, -0.1) is 0 Å². The van der Waals surface area contributed by atoms with Gasteiger partial charge in [-0.1, -0.05) is 42.0 Å². The number of carbonyl (C=O) groups excluding carboxylic acids is 1. The van der Waals surface area contributed by atoms with Crippen LogP contribution in [-0.4, -0.2) is 30.3 Å². The fourth-order valence-electron chi connectivity index (χ4n) is 4.03. The lowest BCUT2D eigenvalue weighted by molar-refractivity contribution is -0.142. The van der Waals surface area contributed by atoms with Crippen molar-refractivity contribution in [2.24, 2.45) is 0 Å². The normalized spacial score (nSPS) is 11.7. The Morgan fingerprint density at radius 3 is 2.49 bits per heavy atom. The molecule has 3 heterocycles. The summed E-state index contributed by atoms with van der Waals surface area (Å²) in [5.74, 6) is -0.429. The Hall–Kier alpha value is -4.47. The van der Waals surface area contributed by atoms with Crippen LogP contribution in [-0.2, 0) is 12.7 Å². The second-order valence-electron chi connectivity index (χ2n) is 8.96. The molecule has 0 aliphatic carbocycles. The van der Waals surface area contributed by atoms with Crippen molar-refractivity contribution in [3.8, 4) is 11.3 Å². The number of nitrogens with zero attached hydrogens (tertiary/aromatic N) is 5. The van der Waals surface area contributed by atoms with E-state index in [-0.39, 0.29) is 22.9 Å². The van der Waals surface area contributed by atoms with Gasteiger partial charge < -0.3 is 5.32 Å². The van der Waals surface area contributed by atoms with E-state index in [9.17, 15) is 18.0 Å². The second-order valence-corrected chi connectivity index (χ2v) is 8.96. The first-order valence-corrected chi connectivity index (χ1v) is 11.5. The molecule has 37 heavy (non-hydrogen) atoms. The van der Waals surface area contributed by atoms with Crippen molar-refractivity contribution in [1.29, 1.82) is 0 Å². The zero-order valence-electron chi connectivity index (χ0n) is 20.3. The number of fused-ring (bicyclic) bond motifs is 1. The Bertz CT molecular complexity index is 1630. The Kier molecular flexibility index (Phi) is 6.02. The van der Waals surface area contributed by atoms with Gasteiger partial charge in [-0.05, 0) is 49.6 Å². The molecule has 188 valence electrons. The Morgan fingerprint density at radius 1 is 0.946 bits per heavy atom. The number of carbonyl (C=O) groups is 1. The van der Waals surface area contributed by atoms with Gasteiger partial charge in [0.2, 0.25) is 0 Å². The summed E-state index contributed by atoms with van der Waals surface area (Å²) < 4.78 is 44.1. The number of benzene rings is 2. The van der Waals surface area contributed by atoms with Crippen molar-refractivity contribution in [3.63, 3.8) is 0 Å². The molecule has 0 fully saturated rings. The van der Waals surface area contributed by atoms with Crippen molar-refractivity contribution in [2.45, 2.75) is 33.5 Å². The summed E-state index contributed by atoms with van der Waals surface area (Å²) in [6.45, 7) is 6.30. The van der Waals surface area contributed by atoms with Crippen molar-refractivity contribution in [1.82, 2.24) is 24.4 Å². The maximum atomic E-state index is 13.9. The summed E-state index contributed by atoms with van der Waals surface area (Å²) in [5, 5.41) is 10.8. The Balaban J connectivity index is 1.43. The van der Waals surface area contributed by atoms with E-state index in [1.54, 1.807) is 29.1 Å². The average molecular weight is 505 g/mol. The number of aryl methyl sites for hydroxylation is 3. The highest BCUT2D eigenvalue weighted by atomic mass is 19.4. The van der Waals surface area contributed by atoms with E-state index in [0.717, 1.165) is 28.3 Å². The lowest BCUT2D eigenvalue weighted by Gasteiger charge is -2.11. The van der Waals surface area contributed by atoms with E-state index in [2.05, 4.69) is 20.5 Å². The number of hydrogen-bond donors (Lipinski definition) is 1. The molecule has 0 unspecified atom stereocenters. The molecular weight excluding hydrogens is 481 g/mol. The molecule has 3 aromatic heterocycles. The SMILES string of the molecule is Cc1cccc(Cn2ccc(NC(=O)c3cc4nc(-c5ccc(C)c(C)c5)cc(C(F)(F)F)n4n3)n2)c1. The molecule has 10 heteroatoms. The second kappa shape index (κ2) is 9.20. The van der Waals surface area contributed by atoms with Crippen LogP contribution in [0.4, 0.5) is 19.0 Å². The summed E-state index contributed by atoms with van der Waals surface area (Å²) in [6, 6.07) is 17.1. The van der Waals surface area contributed by atoms with Gasteiger partial charge in [-0.2, -0.15) is 23.4 Å². The van der Waals surface area contributed by atoms with E-state index in [4.69, 9.17) is 0 Å². The molecule has 0 aliphatic heterocycles. The fraction of sp³-hybridized carbons (Fsp3) is 0.185. The van der Waals surface area contributed by atoms with Gasteiger partial charge >= 0.3 is 6.18 Å². The fourth-order valence-corrected chi connectivity index (χ4v) is 4.03. The number of amides is 1. The standard InChI is InChI=1S/C27H23F3N6O/c1-16-5-4-6-19(11-16)15-35-10-9-24(34-35)32-26(37)22-14-25-31-21(20-8-7-17(2)18(3)12-20)13-23(27(28,29)30)36(25)33-22/h4-14H,15H2,1-3H3,(H,32,34,37). The highest BCUT2D eigenvalue weighted by Gasteiger charge is 2.35. The maximum Gasteiger partial charge on any atom is 0.433 e. The van der Waals surface area contributed by atoms with Crippen LogP contribution in [0, 0.1) is 20.8 Å². The minimum Gasteiger partial charge on any atom is -0.304 e. The van der Waals surface area contributed by atoms with Gasteiger partial charge in [0, 0.05) is 23.9 Å². The molecule has 0 saturated heterocycles. The Morgan fingerprint density at radius 2 is 1.76 bits per heavy atom. The van der Waals surface area contributed by atoms with Crippen molar-refractivity contribution >= 4 is 17.4 Å². The summed E-state index contributed by atoms with van der Waals surface area (Å²) >= 11 is 0. The van der Waals surface area contributed by atoms with E-state index >= 15 is 0 Å². The van der Waals surface area contributed by atoms with E-state index in [1.165, 1.54) is 6.07 Å². The van der Waals surface area contributed by atoms with E-state index < -0.39 is 17.8 Å². The highest BCUT2D eigenvalue weighted by molar-refractivity contribution is 6.03. The van der Waals surface area contributed by atoms with Crippen LogP contribution in [0.2, 0.25) is 0 Å². The van der Waals surface area contributed by atoms with Gasteiger partial charge in [0.1, 0.15) is 0 Å². The minimum absolute atomic E-state index is 0.0850. The van der Waals surface area contributed by atoms with Crippen LogP contribution in [0.1, 0.15) is 38.4 Å². The van der Waals surface area contributed by atoms with Gasteiger partial charge in [-0.25, -0.2) is 9.50 Å². The topological polar surface area (TPSA) is 77.1 Å². The number of hydrogen-bond acceptors (Lipinski definition) is 4. The summed E-state index contributed by atoms with van der Waals surface area (Å²) in [6.07, 6.45) is -3.00. The first kappa shape index (κ1) is 24.2. The molecule has 0 saturated carbocycles. The number of alkyl halides is 3. The zero-order valence-corrected chi connectivity index (χ0v) is 20.3. The molecule has 1 N–H and O–H groups in total. The third-order valence-electron chi connectivity index (χ3n) is 6.06. The molecule has 0 aliphatic rings. The summed E-state index contributed by atoms with van der Waals surface area (Å²) in [4.78, 5) is 17.2. The van der Waals surface area contributed by atoms with Crippen LogP contribution in [0.3, 0.4) is 0 Å². The molecule has 5 rings (SSSR count). The van der Waals surface area contributed by atoms with E-state index in [0.29, 0.717) is 16.6 Å². The van der Waals surface area contributed by atoms with Crippen LogP contribution >= 0.6 is 0 Å². The largest absolute Gasteiger partial charge is 0.433 e. The van der Waals surface area contributed by atoms with Crippen molar-refractivity contribution in [2.75, 3.05) is 5.32 Å². The van der Waals surface area contributed by atoms with Crippen LogP contribution in [0.25, 0.3) is 16.9 Å². The molecule has 0 atom stereocenters. The first-order chi connectivity index (χ1) is 17.6. The molecule has 0 bridgehead atoms. The van der Waals surface area contributed by atoms with Gasteiger partial charge in [-0.3, -0.25) is 9.48 Å². The molecule has 7 nitrogen and oxygen atoms in total. The molecule has 2 aromatic carbocycles. The monoisotopic (exact) mass is 504 g/mol. The van der Waals surface area contributed by atoms with Crippen LogP contribution < -0.4 is 5.32 Å². The predicted octanol–water partition coefficient (Wildman–Crippen LogP) is 5.84. The smallest absolute Gasteiger partial charge is 0.304 e. The third-order valence-corrected chi connectivity index (χ3v) is 6.06. The van der Waals surface area contributed by atoms with Gasteiger partial charge in [0.05, 0.1) is 12.2 Å². The molecule has 1 amide bonds. The Labute approximate surface area is 210 Å². The lowest BCUT2D eigenvalue weighted by Crippen LogP contribution is -2.16. The summed E-state index contributed by atoms with van der Waals surface area (Å²) in [7, 11) is 0. The van der Waals surface area contributed by atoms with Gasteiger partial charge in [0.15, 0.2) is 22.9 Å².